The van der Waals surface area contributed by atoms with Gasteiger partial charge >= 0.3 is 6.09 Å². The number of fused-ring (bicyclic) bond motifs is 1. The predicted octanol–water partition coefficient (Wildman–Crippen LogP) is 3.15. The number of benzene rings is 1. The third-order valence-electron chi connectivity index (χ3n) is 5.23. The van der Waals surface area contributed by atoms with Crippen molar-refractivity contribution in [1.82, 2.24) is 10.1 Å². The highest BCUT2D eigenvalue weighted by atomic mass is 16.5. The summed E-state index contributed by atoms with van der Waals surface area (Å²) in [7, 11) is 0. The summed E-state index contributed by atoms with van der Waals surface area (Å²) in [6.07, 6.45) is 2.56. The molecule has 1 aromatic carbocycles. The van der Waals surface area contributed by atoms with Gasteiger partial charge in [0.1, 0.15) is 17.2 Å². The molecule has 0 aliphatic carbocycles. The van der Waals surface area contributed by atoms with Crippen LogP contribution >= 0.6 is 0 Å². The Bertz CT molecular complexity index is 778. The van der Waals surface area contributed by atoms with Crippen molar-refractivity contribution in [2.45, 2.75) is 31.8 Å². The van der Waals surface area contributed by atoms with Crippen molar-refractivity contribution in [1.29, 1.82) is 0 Å². The van der Waals surface area contributed by atoms with E-state index in [1.165, 1.54) is 4.90 Å². The molecule has 2 aliphatic rings. The van der Waals surface area contributed by atoms with Crippen LogP contribution in [0.25, 0.3) is 11.0 Å². The summed E-state index contributed by atoms with van der Waals surface area (Å²) in [5, 5.41) is 13.9. The quantitative estimate of drug-likeness (QED) is 0.856. The smallest absolute Gasteiger partial charge is 0.407 e. The predicted molar refractivity (Wildman–Crippen MR) is 96.3 cm³/mol. The zero-order valence-corrected chi connectivity index (χ0v) is 15.1. The van der Waals surface area contributed by atoms with Gasteiger partial charge in [-0.25, -0.2) is 4.79 Å². The second-order valence-corrected chi connectivity index (χ2v) is 7.07. The highest BCUT2D eigenvalue weighted by Crippen LogP contribution is 2.35. The van der Waals surface area contributed by atoms with E-state index in [0.717, 1.165) is 36.8 Å². The molecule has 0 bridgehead atoms. The van der Waals surface area contributed by atoms with Gasteiger partial charge in [-0.15, -0.1) is 0 Å². The zero-order valence-electron chi connectivity index (χ0n) is 15.1. The molecule has 27 heavy (non-hydrogen) atoms. The molecule has 8 heteroatoms. The molecule has 8 nitrogen and oxygen atoms in total. The maximum Gasteiger partial charge on any atom is 0.407 e. The first-order chi connectivity index (χ1) is 13.2. The highest BCUT2D eigenvalue weighted by Gasteiger charge is 2.24. The van der Waals surface area contributed by atoms with Crippen LogP contribution in [-0.4, -0.2) is 60.3 Å². The number of ether oxygens (including phenoxy) is 3. The number of likely N-dealkylation sites (tertiary alicyclic amines) is 1. The maximum absolute atomic E-state index is 11.0. The average Bonchev–Trinajstić information content (AvgIpc) is 3.12. The first-order valence-corrected chi connectivity index (χ1v) is 9.44. The topological polar surface area (TPSA) is 94.3 Å². The Balaban J connectivity index is 1.42. The second kappa shape index (κ2) is 8.04. The lowest BCUT2D eigenvalue weighted by atomic mass is 9.98. The van der Waals surface area contributed by atoms with E-state index in [0.29, 0.717) is 50.3 Å². The third kappa shape index (κ3) is 4.10. The lowest BCUT2D eigenvalue weighted by Gasteiger charge is -2.29. The van der Waals surface area contributed by atoms with Gasteiger partial charge in [0, 0.05) is 25.9 Å². The zero-order chi connectivity index (χ0) is 18.6. The Labute approximate surface area is 157 Å². The minimum atomic E-state index is -0.855. The van der Waals surface area contributed by atoms with E-state index < -0.39 is 6.09 Å². The van der Waals surface area contributed by atoms with Crippen LogP contribution in [0, 0.1) is 5.92 Å². The van der Waals surface area contributed by atoms with E-state index >= 15 is 0 Å². The molecule has 3 heterocycles. The van der Waals surface area contributed by atoms with Gasteiger partial charge in [-0.3, -0.25) is 0 Å². The van der Waals surface area contributed by atoms with Crippen LogP contribution in [0.15, 0.2) is 22.7 Å². The fourth-order valence-corrected chi connectivity index (χ4v) is 3.59. The fourth-order valence-electron chi connectivity index (χ4n) is 3.59. The first kappa shape index (κ1) is 17.9. The Morgan fingerprint density at radius 2 is 2.00 bits per heavy atom. The van der Waals surface area contributed by atoms with Gasteiger partial charge in [-0.2, -0.15) is 0 Å². The normalized spacial score (nSPS) is 19.3. The molecule has 1 aromatic heterocycles. The molecule has 1 amide bonds. The van der Waals surface area contributed by atoms with Crippen LogP contribution in [-0.2, 0) is 4.74 Å². The monoisotopic (exact) mass is 376 g/mol. The van der Waals surface area contributed by atoms with Gasteiger partial charge in [-0.05, 0) is 36.0 Å². The first-order valence-electron chi connectivity index (χ1n) is 9.44. The molecule has 2 fully saturated rings. The Morgan fingerprint density at radius 1 is 1.22 bits per heavy atom. The molecule has 2 aliphatic heterocycles. The molecule has 0 unspecified atom stereocenters. The highest BCUT2D eigenvalue weighted by molar-refractivity contribution is 5.88. The van der Waals surface area contributed by atoms with Gasteiger partial charge in [-0.1, -0.05) is 6.07 Å². The number of aromatic nitrogens is 1. The van der Waals surface area contributed by atoms with Gasteiger partial charge < -0.3 is 28.7 Å². The maximum atomic E-state index is 11.0. The van der Waals surface area contributed by atoms with Crippen molar-refractivity contribution in [2.75, 3.05) is 32.9 Å². The summed E-state index contributed by atoms with van der Waals surface area (Å²) < 4.78 is 22.9. The van der Waals surface area contributed by atoms with E-state index in [-0.39, 0.29) is 6.10 Å². The fraction of sp³-hybridized carbons (Fsp3) is 0.579. The Kier molecular flexibility index (Phi) is 5.33. The summed E-state index contributed by atoms with van der Waals surface area (Å²) in [5.74, 6) is 1.46. The van der Waals surface area contributed by atoms with E-state index in [1.54, 1.807) is 0 Å². The minimum absolute atomic E-state index is 0.118. The summed E-state index contributed by atoms with van der Waals surface area (Å²) in [6.45, 7) is 2.99. The lowest BCUT2D eigenvalue weighted by molar-refractivity contribution is 0.0261. The van der Waals surface area contributed by atoms with Crippen molar-refractivity contribution < 1.29 is 28.6 Å². The molecular weight excluding hydrogens is 352 g/mol. The Hall–Kier alpha value is -2.48. The van der Waals surface area contributed by atoms with Gasteiger partial charge in [0.05, 0.1) is 19.8 Å². The van der Waals surface area contributed by atoms with E-state index in [2.05, 4.69) is 5.16 Å². The van der Waals surface area contributed by atoms with Crippen LogP contribution in [0.5, 0.6) is 11.6 Å². The van der Waals surface area contributed by atoms with Crippen molar-refractivity contribution >= 4 is 17.1 Å². The van der Waals surface area contributed by atoms with Crippen molar-refractivity contribution in [3.63, 3.8) is 0 Å². The van der Waals surface area contributed by atoms with Crippen LogP contribution in [0.3, 0.4) is 0 Å². The van der Waals surface area contributed by atoms with Crippen LogP contribution in [0.1, 0.15) is 25.7 Å². The van der Waals surface area contributed by atoms with Gasteiger partial charge in [0.2, 0.25) is 0 Å². The second-order valence-electron chi connectivity index (χ2n) is 7.07. The van der Waals surface area contributed by atoms with E-state index in [9.17, 15) is 4.79 Å². The third-order valence-corrected chi connectivity index (χ3v) is 5.23. The summed E-state index contributed by atoms with van der Waals surface area (Å²) >= 11 is 0. The largest absolute Gasteiger partial charge is 0.489 e. The standard InChI is InChI=1S/C19H24N2O6/c22-19(23)21-8-4-13(5-9-21)12-25-18-17-15(2-1-3-16(17)27-20-18)26-14-6-10-24-11-7-14/h1-3,13-14H,4-12H2,(H,22,23). The Morgan fingerprint density at radius 3 is 2.74 bits per heavy atom. The van der Waals surface area contributed by atoms with Gasteiger partial charge in [0.25, 0.3) is 5.88 Å². The summed E-state index contributed by atoms with van der Waals surface area (Å²) in [4.78, 5) is 12.4. The number of nitrogens with zero attached hydrogens (tertiary/aromatic N) is 2. The van der Waals surface area contributed by atoms with Gasteiger partial charge in [0.15, 0.2) is 5.58 Å². The number of piperidine rings is 1. The molecular formula is C19H24N2O6. The van der Waals surface area contributed by atoms with Crippen LogP contribution in [0.2, 0.25) is 0 Å². The SMILES string of the molecule is O=C(O)N1CCC(COc2noc3cccc(OC4CCOCC4)c23)CC1. The van der Waals surface area contributed by atoms with E-state index in [1.807, 2.05) is 18.2 Å². The molecule has 0 saturated carbocycles. The number of carboxylic acid groups (broad SMARTS) is 1. The molecule has 0 atom stereocenters. The number of hydrogen-bond acceptors (Lipinski definition) is 6. The molecule has 1 N–H and O–H groups in total. The molecule has 2 saturated heterocycles. The van der Waals surface area contributed by atoms with Crippen molar-refractivity contribution in [3.05, 3.63) is 18.2 Å². The van der Waals surface area contributed by atoms with Crippen molar-refractivity contribution in [2.24, 2.45) is 5.92 Å². The molecule has 4 rings (SSSR count). The minimum Gasteiger partial charge on any atom is -0.489 e. The van der Waals surface area contributed by atoms with Crippen LogP contribution in [0.4, 0.5) is 4.79 Å². The van der Waals surface area contributed by atoms with E-state index in [4.69, 9.17) is 23.8 Å². The van der Waals surface area contributed by atoms with Crippen LogP contribution < -0.4 is 9.47 Å². The number of amides is 1. The molecule has 2 aromatic rings. The molecule has 146 valence electrons. The summed E-state index contributed by atoms with van der Waals surface area (Å²) in [5.41, 5.74) is 0.634. The molecule has 0 radical (unpaired) electrons. The summed E-state index contributed by atoms with van der Waals surface area (Å²) in [6, 6.07) is 5.64. The lowest BCUT2D eigenvalue weighted by Crippen LogP contribution is -2.38. The average molecular weight is 376 g/mol. The number of hydrogen-bond donors (Lipinski definition) is 1. The number of carbonyl (C=O) groups is 1. The molecule has 0 spiro atoms. The van der Waals surface area contributed by atoms with Crippen molar-refractivity contribution in [3.8, 4) is 11.6 Å². The number of rotatable bonds is 5.